The van der Waals surface area contributed by atoms with Crippen molar-refractivity contribution in [1.82, 2.24) is 15.8 Å². The molecule has 5 nitrogen and oxygen atoms in total. The number of fused-ring (bicyclic) bond motifs is 1. The lowest BCUT2D eigenvalue weighted by Crippen LogP contribution is -2.48. The molecule has 6 heteroatoms. The summed E-state index contributed by atoms with van der Waals surface area (Å²) in [6.07, 6.45) is 5.49. The summed E-state index contributed by atoms with van der Waals surface area (Å²) < 4.78 is 4.99. The van der Waals surface area contributed by atoms with Gasteiger partial charge in [0.15, 0.2) is 5.11 Å². The Kier molecular flexibility index (Phi) is 6.80. The number of benzene rings is 1. The summed E-state index contributed by atoms with van der Waals surface area (Å²) in [6.45, 7) is 1.40. The van der Waals surface area contributed by atoms with Gasteiger partial charge in [0.25, 0.3) is 5.91 Å². The van der Waals surface area contributed by atoms with E-state index < -0.39 is 0 Å². The average Bonchev–Trinajstić information content (AvgIpc) is 2.58. The molecule has 0 saturated heterocycles. The van der Waals surface area contributed by atoms with Gasteiger partial charge < -0.3 is 10.1 Å². The number of amides is 1. The van der Waals surface area contributed by atoms with Crippen LogP contribution in [0.4, 0.5) is 0 Å². The maximum Gasteiger partial charge on any atom is 0.269 e. The van der Waals surface area contributed by atoms with Crippen molar-refractivity contribution in [3.05, 3.63) is 34.9 Å². The molecule has 0 unspecified atom stereocenters. The van der Waals surface area contributed by atoms with Gasteiger partial charge in [-0.25, -0.2) is 0 Å². The molecule has 0 atom stereocenters. The van der Waals surface area contributed by atoms with Gasteiger partial charge in [0.05, 0.1) is 0 Å². The van der Waals surface area contributed by atoms with Crippen LogP contribution in [0.2, 0.25) is 0 Å². The lowest BCUT2D eigenvalue weighted by atomic mass is 9.90. The van der Waals surface area contributed by atoms with E-state index in [1.165, 1.54) is 24.0 Å². The van der Waals surface area contributed by atoms with Gasteiger partial charge in [-0.3, -0.25) is 15.2 Å². The molecule has 0 aliphatic heterocycles. The van der Waals surface area contributed by atoms with E-state index >= 15 is 0 Å². The number of carbonyl (C=O) groups excluding carboxylic acids is 1. The molecule has 2 rings (SSSR count). The first-order chi connectivity index (χ1) is 11.1. The van der Waals surface area contributed by atoms with E-state index in [1.807, 2.05) is 12.1 Å². The highest BCUT2D eigenvalue weighted by atomic mass is 32.1. The molecule has 0 aromatic heterocycles. The van der Waals surface area contributed by atoms with E-state index in [0.717, 1.165) is 19.3 Å². The molecular formula is C17H25N3O2S. The van der Waals surface area contributed by atoms with Gasteiger partial charge in [0.1, 0.15) is 0 Å². The Hall–Kier alpha value is -1.66. The monoisotopic (exact) mass is 335 g/mol. The number of hydrogen-bond donors (Lipinski definition) is 2. The number of carbonyl (C=O) groups is 1. The Labute approximate surface area is 143 Å². The minimum absolute atomic E-state index is 0.137. The predicted octanol–water partition coefficient (Wildman–Crippen LogP) is 2.05. The number of ether oxygens (including phenoxy) is 1. The summed E-state index contributed by atoms with van der Waals surface area (Å²) in [5.74, 6) is -0.137. The molecule has 0 spiro atoms. The highest BCUT2D eigenvalue weighted by molar-refractivity contribution is 7.80. The van der Waals surface area contributed by atoms with E-state index in [0.29, 0.717) is 23.8 Å². The maximum atomic E-state index is 12.4. The Balaban J connectivity index is 1.87. The highest BCUT2D eigenvalue weighted by Gasteiger charge is 2.14. The number of methoxy groups -OCH3 is 1. The van der Waals surface area contributed by atoms with Crippen molar-refractivity contribution in [2.45, 2.75) is 32.1 Å². The summed E-state index contributed by atoms with van der Waals surface area (Å²) in [6, 6.07) is 5.97. The van der Waals surface area contributed by atoms with Crippen LogP contribution >= 0.6 is 12.2 Å². The van der Waals surface area contributed by atoms with Gasteiger partial charge in [-0.15, -0.1) is 0 Å². The number of rotatable bonds is 5. The first-order valence-corrected chi connectivity index (χ1v) is 8.46. The second-order valence-electron chi connectivity index (χ2n) is 5.77. The van der Waals surface area contributed by atoms with E-state index in [1.54, 1.807) is 19.2 Å². The van der Waals surface area contributed by atoms with E-state index in [2.05, 4.69) is 16.8 Å². The minimum atomic E-state index is -0.137. The molecule has 1 amide bonds. The molecule has 1 aromatic carbocycles. The molecule has 1 aliphatic rings. The van der Waals surface area contributed by atoms with Crippen molar-refractivity contribution in [2.75, 3.05) is 27.3 Å². The van der Waals surface area contributed by atoms with Crippen LogP contribution in [0.1, 0.15) is 40.7 Å². The zero-order chi connectivity index (χ0) is 16.7. The molecule has 126 valence electrons. The van der Waals surface area contributed by atoms with Crippen LogP contribution < -0.4 is 10.7 Å². The first kappa shape index (κ1) is 17.7. The summed E-state index contributed by atoms with van der Waals surface area (Å²) >= 11 is 5.25. The second-order valence-corrected chi connectivity index (χ2v) is 6.16. The number of nitrogens with zero attached hydrogens (tertiary/aromatic N) is 1. The number of thiocarbonyl (C=S) groups is 1. The predicted molar refractivity (Wildman–Crippen MR) is 95.4 cm³/mol. The third kappa shape index (κ3) is 5.18. The van der Waals surface area contributed by atoms with Crippen LogP contribution in [0.5, 0.6) is 0 Å². The normalized spacial score (nSPS) is 13.1. The topological polar surface area (TPSA) is 53.6 Å². The van der Waals surface area contributed by atoms with Crippen molar-refractivity contribution < 1.29 is 9.53 Å². The molecule has 0 radical (unpaired) electrons. The van der Waals surface area contributed by atoms with Crippen molar-refractivity contribution in [3.8, 4) is 0 Å². The molecule has 23 heavy (non-hydrogen) atoms. The summed E-state index contributed by atoms with van der Waals surface area (Å²) in [7, 11) is 3.41. The SMILES string of the molecule is COCCCNC(=S)N(C)NC(=O)c1ccc2c(c1)CCCC2. The van der Waals surface area contributed by atoms with E-state index in [9.17, 15) is 4.79 Å². The molecule has 0 heterocycles. The molecule has 2 N–H and O–H groups in total. The molecule has 1 aliphatic carbocycles. The van der Waals surface area contributed by atoms with Crippen LogP contribution in [-0.4, -0.2) is 43.3 Å². The van der Waals surface area contributed by atoms with Gasteiger partial charge in [0.2, 0.25) is 0 Å². The Bertz CT molecular complexity index is 563. The number of aryl methyl sites for hydroxylation is 2. The number of nitrogens with one attached hydrogen (secondary N) is 2. The number of hydrogen-bond acceptors (Lipinski definition) is 3. The third-order valence-corrected chi connectivity index (χ3v) is 4.40. The summed E-state index contributed by atoms with van der Waals surface area (Å²) in [4.78, 5) is 12.4. The summed E-state index contributed by atoms with van der Waals surface area (Å²) in [5, 5.41) is 5.13. The second kappa shape index (κ2) is 8.84. The van der Waals surface area contributed by atoms with E-state index in [-0.39, 0.29) is 5.91 Å². The fraction of sp³-hybridized carbons (Fsp3) is 0.529. The zero-order valence-electron chi connectivity index (χ0n) is 13.9. The van der Waals surface area contributed by atoms with Crippen LogP contribution in [0.25, 0.3) is 0 Å². The van der Waals surface area contributed by atoms with Crippen molar-refractivity contribution in [3.63, 3.8) is 0 Å². The first-order valence-electron chi connectivity index (χ1n) is 8.05. The van der Waals surface area contributed by atoms with Crippen LogP contribution in [0.15, 0.2) is 18.2 Å². The fourth-order valence-electron chi connectivity index (χ4n) is 2.67. The largest absolute Gasteiger partial charge is 0.385 e. The van der Waals surface area contributed by atoms with Crippen LogP contribution in [0, 0.1) is 0 Å². The molecule has 0 fully saturated rings. The Morgan fingerprint density at radius 3 is 2.78 bits per heavy atom. The van der Waals surface area contributed by atoms with E-state index in [4.69, 9.17) is 17.0 Å². The number of hydrazine groups is 1. The smallest absolute Gasteiger partial charge is 0.269 e. The summed E-state index contributed by atoms with van der Waals surface area (Å²) in [5.41, 5.74) is 6.15. The van der Waals surface area contributed by atoms with Crippen LogP contribution in [-0.2, 0) is 17.6 Å². The van der Waals surface area contributed by atoms with Gasteiger partial charge in [-0.2, -0.15) is 0 Å². The zero-order valence-corrected chi connectivity index (χ0v) is 14.7. The van der Waals surface area contributed by atoms with Crippen molar-refractivity contribution in [2.24, 2.45) is 0 Å². The molecule has 0 saturated carbocycles. The van der Waals surface area contributed by atoms with Gasteiger partial charge in [-0.1, -0.05) is 6.07 Å². The van der Waals surface area contributed by atoms with Crippen molar-refractivity contribution >= 4 is 23.2 Å². The minimum Gasteiger partial charge on any atom is -0.385 e. The lowest BCUT2D eigenvalue weighted by molar-refractivity contribution is 0.0886. The molecular weight excluding hydrogens is 310 g/mol. The standard InChI is InChI=1S/C17H25N3O2S/c1-20(17(23)18-10-5-11-22-2)19-16(21)15-9-8-13-6-3-4-7-14(13)12-15/h8-9,12H,3-7,10-11H2,1-2H3,(H,18,23)(H,19,21). The fourth-order valence-corrected chi connectivity index (χ4v) is 2.82. The van der Waals surface area contributed by atoms with Gasteiger partial charge >= 0.3 is 0 Å². The Morgan fingerprint density at radius 1 is 1.30 bits per heavy atom. The van der Waals surface area contributed by atoms with Gasteiger partial charge in [0, 0.05) is 32.9 Å². The molecule has 0 bridgehead atoms. The maximum absolute atomic E-state index is 12.4. The van der Waals surface area contributed by atoms with Crippen molar-refractivity contribution in [1.29, 1.82) is 0 Å². The highest BCUT2D eigenvalue weighted by Crippen LogP contribution is 2.22. The quantitative estimate of drug-likeness (QED) is 0.490. The van der Waals surface area contributed by atoms with Gasteiger partial charge in [-0.05, 0) is 67.6 Å². The molecule has 1 aromatic rings. The Morgan fingerprint density at radius 2 is 2.04 bits per heavy atom. The van der Waals surface area contributed by atoms with Crippen LogP contribution in [0.3, 0.4) is 0 Å². The lowest BCUT2D eigenvalue weighted by Gasteiger charge is -2.22. The third-order valence-electron chi connectivity index (χ3n) is 3.99. The average molecular weight is 335 g/mol.